The summed E-state index contributed by atoms with van der Waals surface area (Å²) in [6.07, 6.45) is 1.09. The van der Waals surface area contributed by atoms with Gasteiger partial charge >= 0.3 is 6.09 Å². The van der Waals surface area contributed by atoms with Crippen LogP contribution in [0.2, 0.25) is 0 Å². The van der Waals surface area contributed by atoms with Crippen molar-refractivity contribution in [3.63, 3.8) is 0 Å². The van der Waals surface area contributed by atoms with Gasteiger partial charge in [-0.15, -0.1) is 0 Å². The minimum Gasteiger partial charge on any atom is -0.496 e. The number of benzene rings is 3. The van der Waals surface area contributed by atoms with Crippen LogP contribution in [-0.2, 0) is 22.7 Å². The van der Waals surface area contributed by atoms with E-state index < -0.39 is 6.09 Å². The summed E-state index contributed by atoms with van der Waals surface area (Å²) < 4.78 is 23.6. The van der Waals surface area contributed by atoms with E-state index >= 15 is 0 Å². The van der Waals surface area contributed by atoms with Crippen LogP contribution in [-0.4, -0.2) is 68.7 Å². The summed E-state index contributed by atoms with van der Waals surface area (Å²) in [4.78, 5) is 15.5. The summed E-state index contributed by atoms with van der Waals surface area (Å²) in [5.41, 5.74) is 4.26. The average molecular weight is 600 g/mol. The first-order valence-electron chi connectivity index (χ1n) is 15.3. The number of hydrogen-bond donors (Lipinski definition) is 1. The molecule has 3 aromatic carbocycles. The van der Waals surface area contributed by atoms with Crippen LogP contribution >= 0.6 is 0 Å². The van der Waals surface area contributed by atoms with E-state index in [0.717, 1.165) is 59.8 Å². The summed E-state index contributed by atoms with van der Waals surface area (Å²) in [5, 5.41) is 19.0. The number of nitrogens with zero attached hydrogens (tertiary/aromatic N) is 3. The molecule has 2 saturated heterocycles. The van der Waals surface area contributed by atoms with E-state index in [1.807, 2.05) is 48.5 Å². The van der Waals surface area contributed by atoms with Crippen LogP contribution in [0.1, 0.15) is 41.9 Å². The van der Waals surface area contributed by atoms with Crippen molar-refractivity contribution in [1.82, 2.24) is 4.90 Å². The minimum atomic E-state index is -0.923. The van der Waals surface area contributed by atoms with Crippen LogP contribution in [0.4, 0.5) is 10.5 Å². The lowest BCUT2D eigenvalue weighted by molar-refractivity contribution is -0.0198. The van der Waals surface area contributed by atoms with Crippen molar-refractivity contribution in [3.05, 3.63) is 89.5 Å². The second-order valence-electron chi connectivity index (χ2n) is 11.3. The van der Waals surface area contributed by atoms with Crippen LogP contribution in [0.25, 0.3) is 0 Å². The van der Waals surface area contributed by atoms with Gasteiger partial charge in [-0.05, 0) is 42.7 Å². The van der Waals surface area contributed by atoms with Gasteiger partial charge in [0.25, 0.3) is 0 Å². The number of carboxylic acid groups (broad SMARTS) is 1. The van der Waals surface area contributed by atoms with Crippen molar-refractivity contribution in [3.8, 4) is 17.6 Å². The highest BCUT2D eigenvalue weighted by Crippen LogP contribution is 2.34. The molecule has 2 aliphatic heterocycles. The average Bonchev–Trinajstić information content (AvgIpc) is 3.55. The third kappa shape index (κ3) is 8.01. The van der Waals surface area contributed by atoms with Crippen molar-refractivity contribution < 1.29 is 28.8 Å². The molecule has 2 aliphatic rings. The van der Waals surface area contributed by atoms with Crippen LogP contribution in [0.15, 0.2) is 72.8 Å². The Bertz CT molecular complexity index is 1410. The van der Waals surface area contributed by atoms with Gasteiger partial charge in [0.2, 0.25) is 0 Å². The minimum absolute atomic E-state index is 0.0420. The van der Waals surface area contributed by atoms with Crippen LogP contribution in [0.3, 0.4) is 0 Å². The Morgan fingerprint density at radius 2 is 1.70 bits per heavy atom. The predicted octanol–water partition coefficient (Wildman–Crippen LogP) is 6.08. The third-order valence-electron chi connectivity index (χ3n) is 8.45. The summed E-state index contributed by atoms with van der Waals surface area (Å²) in [7, 11) is 1.66. The Hall–Kier alpha value is -4.26. The number of nitriles is 1. The van der Waals surface area contributed by atoms with Gasteiger partial charge in [0, 0.05) is 48.8 Å². The molecule has 2 fully saturated rings. The molecule has 232 valence electrons. The van der Waals surface area contributed by atoms with Crippen molar-refractivity contribution in [1.29, 1.82) is 5.26 Å². The molecule has 9 heteroatoms. The summed E-state index contributed by atoms with van der Waals surface area (Å²) in [6, 6.07) is 26.4. The number of para-hydroxylation sites is 2. The zero-order chi connectivity index (χ0) is 30.7. The van der Waals surface area contributed by atoms with E-state index in [0.29, 0.717) is 45.9 Å². The first-order chi connectivity index (χ1) is 21.6. The van der Waals surface area contributed by atoms with E-state index in [2.05, 4.69) is 35.2 Å². The maximum absolute atomic E-state index is 11.8. The van der Waals surface area contributed by atoms with E-state index in [9.17, 15) is 15.2 Å². The summed E-state index contributed by atoms with van der Waals surface area (Å²) in [5.74, 6) is 1.71. The standard InChI is InChI=1S/C35H41N3O6/c1-41-33-10-5-3-8-29(33)24-42-19-6-20-43-30-13-11-27(12-14-30)31-16-18-38(35(39)40)23-34(31)44-25-28-7-2-4-9-32(28)37-17-15-26(21-36)22-37/h2-5,7-14,26,31,34H,6,15-20,22-25H2,1H3,(H,39,40)/t26-,31?,34?/m0/s1. The number of rotatable bonds is 13. The Morgan fingerprint density at radius 3 is 2.45 bits per heavy atom. The van der Waals surface area contributed by atoms with Crippen molar-refractivity contribution >= 4 is 11.8 Å². The van der Waals surface area contributed by atoms with Crippen molar-refractivity contribution in [2.45, 2.75) is 44.5 Å². The monoisotopic (exact) mass is 599 g/mol. The van der Waals surface area contributed by atoms with Gasteiger partial charge in [-0.2, -0.15) is 5.26 Å². The first-order valence-corrected chi connectivity index (χ1v) is 15.3. The maximum Gasteiger partial charge on any atom is 0.407 e. The fourth-order valence-corrected chi connectivity index (χ4v) is 6.03. The van der Waals surface area contributed by atoms with Crippen LogP contribution in [0, 0.1) is 17.2 Å². The zero-order valence-corrected chi connectivity index (χ0v) is 25.3. The molecular formula is C35H41N3O6. The van der Waals surface area contributed by atoms with Gasteiger partial charge < -0.3 is 33.9 Å². The Balaban J connectivity index is 1.15. The molecule has 0 saturated carbocycles. The molecule has 1 amide bonds. The number of piperidine rings is 1. The highest BCUT2D eigenvalue weighted by Gasteiger charge is 2.33. The molecular weight excluding hydrogens is 558 g/mol. The number of carbonyl (C=O) groups is 1. The number of likely N-dealkylation sites (tertiary alicyclic amines) is 1. The lowest BCUT2D eigenvalue weighted by Crippen LogP contribution is -2.46. The van der Waals surface area contributed by atoms with Crippen LogP contribution in [0.5, 0.6) is 11.5 Å². The number of ether oxygens (including phenoxy) is 4. The Morgan fingerprint density at radius 1 is 0.932 bits per heavy atom. The van der Waals surface area contributed by atoms with Gasteiger partial charge in [-0.25, -0.2) is 4.79 Å². The molecule has 3 atom stereocenters. The van der Waals surface area contributed by atoms with Gasteiger partial charge in [0.05, 0.1) is 58.2 Å². The first kappa shape index (κ1) is 31.2. The lowest BCUT2D eigenvalue weighted by Gasteiger charge is -2.37. The lowest BCUT2D eigenvalue weighted by atomic mass is 9.87. The predicted molar refractivity (Wildman–Crippen MR) is 167 cm³/mol. The van der Waals surface area contributed by atoms with Gasteiger partial charge in [-0.1, -0.05) is 48.5 Å². The molecule has 0 spiro atoms. The fourth-order valence-electron chi connectivity index (χ4n) is 6.03. The molecule has 44 heavy (non-hydrogen) atoms. The van der Waals surface area contributed by atoms with Gasteiger partial charge in [0.15, 0.2) is 0 Å². The highest BCUT2D eigenvalue weighted by atomic mass is 16.5. The molecule has 9 nitrogen and oxygen atoms in total. The van der Waals surface area contributed by atoms with Crippen LogP contribution < -0.4 is 14.4 Å². The summed E-state index contributed by atoms with van der Waals surface area (Å²) in [6.45, 7) is 4.33. The second-order valence-corrected chi connectivity index (χ2v) is 11.3. The SMILES string of the molecule is COc1ccccc1COCCCOc1ccc(C2CCN(C(=O)O)CC2OCc2ccccc2N2CC[C@@H](C#N)C2)cc1. The molecule has 0 aromatic heterocycles. The molecule has 2 heterocycles. The molecule has 3 aromatic rings. The Kier molecular flexibility index (Phi) is 11.0. The van der Waals surface area contributed by atoms with E-state index in [4.69, 9.17) is 18.9 Å². The molecule has 0 radical (unpaired) electrons. The highest BCUT2D eigenvalue weighted by molar-refractivity contribution is 5.65. The number of hydrogen-bond acceptors (Lipinski definition) is 7. The van der Waals surface area contributed by atoms with E-state index in [1.54, 1.807) is 7.11 Å². The summed E-state index contributed by atoms with van der Waals surface area (Å²) >= 11 is 0. The number of amides is 1. The molecule has 5 rings (SSSR count). The molecule has 1 N–H and O–H groups in total. The van der Waals surface area contributed by atoms with Crippen molar-refractivity contribution in [2.24, 2.45) is 5.92 Å². The quantitative estimate of drug-likeness (QED) is 0.236. The topological polar surface area (TPSA) is 104 Å². The van der Waals surface area contributed by atoms with E-state index in [1.165, 1.54) is 4.90 Å². The molecule has 0 aliphatic carbocycles. The largest absolute Gasteiger partial charge is 0.496 e. The smallest absolute Gasteiger partial charge is 0.407 e. The van der Waals surface area contributed by atoms with Crippen molar-refractivity contribution in [2.75, 3.05) is 51.4 Å². The third-order valence-corrected chi connectivity index (χ3v) is 8.45. The number of anilines is 1. The Labute approximate surface area is 259 Å². The number of methoxy groups -OCH3 is 1. The normalized spacial score (nSPS) is 19.9. The van der Waals surface area contributed by atoms with Gasteiger partial charge in [-0.3, -0.25) is 0 Å². The second kappa shape index (κ2) is 15.5. The fraction of sp³-hybridized carbons (Fsp3) is 0.429. The van der Waals surface area contributed by atoms with E-state index in [-0.39, 0.29) is 17.9 Å². The molecule has 2 unspecified atom stereocenters. The zero-order valence-electron chi connectivity index (χ0n) is 25.3. The maximum atomic E-state index is 11.8. The van der Waals surface area contributed by atoms with Gasteiger partial charge in [0.1, 0.15) is 11.5 Å². The molecule has 0 bridgehead atoms.